The van der Waals surface area contributed by atoms with Crippen molar-refractivity contribution in [1.82, 2.24) is 0 Å². The molecule has 0 aromatic rings. The number of allylic oxidation sites excluding steroid dienone is 20. The molecule has 0 aromatic carbocycles. The average molecular weight is 1050 g/mol. The van der Waals surface area contributed by atoms with Gasteiger partial charge in [0, 0.05) is 19.3 Å². The number of rotatable bonds is 51. The summed E-state index contributed by atoms with van der Waals surface area (Å²) in [5.41, 5.74) is 0. The van der Waals surface area contributed by atoms with E-state index in [1.165, 1.54) is 38.5 Å². The van der Waals surface area contributed by atoms with Crippen molar-refractivity contribution >= 4 is 25.7 Å². The lowest BCUT2D eigenvalue weighted by Gasteiger charge is -2.21. The second-order valence-electron chi connectivity index (χ2n) is 18.3. The smallest absolute Gasteiger partial charge is 0.462 e. The van der Waals surface area contributed by atoms with E-state index in [4.69, 9.17) is 23.3 Å². The lowest BCUT2D eigenvalue weighted by Crippen LogP contribution is -2.30. The summed E-state index contributed by atoms with van der Waals surface area (Å²) >= 11 is 0. The summed E-state index contributed by atoms with van der Waals surface area (Å²) in [4.78, 5) is 48.5. The minimum Gasteiger partial charge on any atom is -0.462 e. The summed E-state index contributed by atoms with van der Waals surface area (Å²) in [6.45, 7) is 4.27. The van der Waals surface area contributed by atoms with Gasteiger partial charge in [0.2, 0.25) is 0 Å². The van der Waals surface area contributed by atoms with Crippen molar-refractivity contribution in [1.29, 1.82) is 0 Å². The van der Waals surface area contributed by atoms with Gasteiger partial charge in [-0.3, -0.25) is 23.4 Å². The van der Waals surface area contributed by atoms with Gasteiger partial charge in [-0.05, 0) is 122 Å². The highest BCUT2D eigenvalue weighted by Gasteiger charge is 2.28. The Hall–Kier alpha value is -4.12. The van der Waals surface area contributed by atoms with Gasteiger partial charge in [0.1, 0.15) is 12.7 Å². The Bertz CT molecular complexity index is 1700. The summed E-state index contributed by atoms with van der Waals surface area (Å²) in [7, 11) is -4.78. The second-order valence-corrected chi connectivity index (χ2v) is 19.8. The molecule has 0 rings (SSSR count). The minimum atomic E-state index is -4.78. The molecule has 3 unspecified atom stereocenters. The zero-order valence-corrected chi connectivity index (χ0v) is 47.2. The Labute approximate surface area is 449 Å². The van der Waals surface area contributed by atoms with Crippen molar-refractivity contribution in [3.8, 4) is 0 Å². The maximum absolute atomic E-state index is 12.9. The summed E-state index contributed by atoms with van der Waals surface area (Å²) in [6.07, 6.45) is 67.4. The molecule has 11 nitrogen and oxygen atoms in total. The van der Waals surface area contributed by atoms with E-state index in [1.54, 1.807) is 0 Å². The zero-order valence-electron chi connectivity index (χ0n) is 46.3. The number of hydrogen-bond acceptors (Lipinski definition) is 10. The number of carbonyl (C=O) groups excluding carboxylic acids is 3. The fourth-order valence-electron chi connectivity index (χ4n) is 7.08. The molecule has 0 amide bonds. The number of aliphatic hydroxyl groups is 1. The predicted molar refractivity (Wildman–Crippen MR) is 306 cm³/mol. The number of phosphoric acid groups is 1. The SMILES string of the molecule is CC/C=C\C/C=C\C/C=C\C/C=C\C/C=C\CCCC(=O)OC(COC(=O)CCCC/C=C\C/C=C\C/C=C\C/C=C\CC)COP(=O)(O)OCC(CO)OC(=O)CCCCCCC/C=C\CCCCCCCC. The fourth-order valence-corrected chi connectivity index (χ4v) is 7.87. The molecule has 74 heavy (non-hydrogen) atoms. The van der Waals surface area contributed by atoms with E-state index >= 15 is 0 Å². The summed E-state index contributed by atoms with van der Waals surface area (Å²) in [5, 5.41) is 9.81. The molecule has 0 fully saturated rings. The van der Waals surface area contributed by atoms with Crippen molar-refractivity contribution < 1.29 is 52.2 Å². The molecular weight excluding hydrogens is 952 g/mol. The van der Waals surface area contributed by atoms with Crippen LogP contribution in [0.15, 0.2) is 122 Å². The molecule has 420 valence electrons. The minimum absolute atomic E-state index is 0.0733. The normalized spacial score (nSPS) is 14.3. The molecule has 0 aromatic heterocycles. The number of aliphatic hydroxyl groups excluding tert-OH is 1. The third-order valence-electron chi connectivity index (χ3n) is 11.3. The van der Waals surface area contributed by atoms with Crippen molar-refractivity contribution in [3.63, 3.8) is 0 Å². The van der Waals surface area contributed by atoms with Crippen LogP contribution in [0.25, 0.3) is 0 Å². The van der Waals surface area contributed by atoms with Crippen molar-refractivity contribution in [2.45, 2.75) is 226 Å². The Morgan fingerprint density at radius 1 is 0.392 bits per heavy atom. The molecule has 0 heterocycles. The van der Waals surface area contributed by atoms with Crippen molar-refractivity contribution in [2.24, 2.45) is 0 Å². The van der Waals surface area contributed by atoms with Crippen LogP contribution in [0.5, 0.6) is 0 Å². The Balaban J connectivity index is 4.89. The summed E-state index contributed by atoms with van der Waals surface area (Å²) in [6, 6.07) is 0. The highest BCUT2D eigenvalue weighted by molar-refractivity contribution is 7.47. The van der Waals surface area contributed by atoms with Gasteiger partial charge < -0.3 is 24.2 Å². The van der Waals surface area contributed by atoms with E-state index in [9.17, 15) is 28.9 Å². The van der Waals surface area contributed by atoms with Crippen LogP contribution in [0, 0.1) is 0 Å². The molecular formula is C62H101O11P. The third-order valence-corrected chi connectivity index (χ3v) is 12.3. The van der Waals surface area contributed by atoms with Gasteiger partial charge >= 0.3 is 25.7 Å². The van der Waals surface area contributed by atoms with Crippen LogP contribution in [-0.2, 0) is 42.2 Å². The van der Waals surface area contributed by atoms with Crippen LogP contribution < -0.4 is 0 Å². The molecule has 3 atom stereocenters. The maximum Gasteiger partial charge on any atom is 0.472 e. The maximum atomic E-state index is 12.9. The Morgan fingerprint density at radius 2 is 0.716 bits per heavy atom. The molecule has 0 radical (unpaired) electrons. The van der Waals surface area contributed by atoms with Gasteiger partial charge in [0.05, 0.1) is 19.8 Å². The molecule has 0 aliphatic heterocycles. The summed E-state index contributed by atoms with van der Waals surface area (Å²) in [5.74, 6) is -1.61. The molecule has 12 heteroatoms. The van der Waals surface area contributed by atoms with E-state index in [2.05, 4.69) is 130 Å². The first-order chi connectivity index (χ1) is 36.2. The van der Waals surface area contributed by atoms with E-state index < -0.39 is 57.8 Å². The van der Waals surface area contributed by atoms with Gasteiger partial charge in [0.25, 0.3) is 0 Å². The van der Waals surface area contributed by atoms with Gasteiger partial charge in [0.15, 0.2) is 6.10 Å². The number of hydrogen-bond donors (Lipinski definition) is 2. The molecule has 0 saturated heterocycles. The highest BCUT2D eigenvalue weighted by atomic mass is 31.2. The lowest BCUT2D eigenvalue weighted by atomic mass is 10.1. The Morgan fingerprint density at radius 3 is 1.18 bits per heavy atom. The van der Waals surface area contributed by atoms with Crippen LogP contribution in [0.3, 0.4) is 0 Å². The van der Waals surface area contributed by atoms with Crippen molar-refractivity contribution in [3.05, 3.63) is 122 Å². The number of phosphoric ester groups is 1. The van der Waals surface area contributed by atoms with E-state index in [0.717, 1.165) is 109 Å². The number of unbranched alkanes of at least 4 members (excludes halogenated alkanes) is 14. The molecule has 0 spiro atoms. The fraction of sp³-hybridized carbons (Fsp3) is 0.629. The van der Waals surface area contributed by atoms with Crippen LogP contribution in [0.1, 0.15) is 213 Å². The van der Waals surface area contributed by atoms with Gasteiger partial charge in [-0.25, -0.2) is 4.57 Å². The standard InChI is InChI=1S/C62H101O11P/c1-4-7-10-13-16-19-22-25-28-29-32-35-38-41-44-47-50-53-62(66)73-59(55-69-60(64)51-48-45-42-39-36-33-30-26-23-20-17-14-11-8-5-2)57-71-74(67,68)70-56-58(54-63)72-61(65)52-49-46-43-40-37-34-31-27-24-21-18-15-12-9-6-3/h7-8,10-11,16-17,19-20,25-28,30-32,35-36,39,41,44,58-59,63H,4-6,9,12-15,18,21-24,29,33-34,37-38,40,42-43,45-57H2,1-3H3,(H,67,68)/b10-7-,11-8-,19-16-,20-17-,28-25-,30-26-,31-27-,35-32-,39-36-,44-41-. The van der Waals surface area contributed by atoms with Gasteiger partial charge in [-0.2, -0.15) is 0 Å². The van der Waals surface area contributed by atoms with E-state index in [0.29, 0.717) is 25.7 Å². The lowest BCUT2D eigenvalue weighted by molar-refractivity contribution is -0.161. The van der Waals surface area contributed by atoms with Crippen LogP contribution in [0.2, 0.25) is 0 Å². The van der Waals surface area contributed by atoms with Crippen LogP contribution in [-0.4, -0.2) is 66.5 Å². The van der Waals surface area contributed by atoms with Gasteiger partial charge in [-0.1, -0.05) is 194 Å². The first-order valence-electron chi connectivity index (χ1n) is 28.4. The molecule has 0 aliphatic rings. The average Bonchev–Trinajstić information content (AvgIpc) is 3.39. The first-order valence-corrected chi connectivity index (χ1v) is 29.9. The zero-order chi connectivity index (χ0) is 54.1. The Kier molecular flexibility index (Phi) is 52.1. The molecule has 0 bridgehead atoms. The molecule has 0 aliphatic carbocycles. The monoisotopic (exact) mass is 1050 g/mol. The largest absolute Gasteiger partial charge is 0.472 e. The predicted octanol–water partition coefficient (Wildman–Crippen LogP) is 16.8. The molecule has 2 N–H and O–H groups in total. The van der Waals surface area contributed by atoms with Gasteiger partial charge in [-0.15, -0.1) is 0 Å². The van der Waals surface area contributed by atoms with E-state index in [-0.39, 0.29) is 25.9 Å². The third kappa shape index (κ3) is 52.7. The number of carbonyl (C=O) groups is 3. The summed E-state index contributed by atoms with van der Waals surface area (Å²) < 4.78 is 39.4. The topological polar surface area (TPSA) is 155 Å². The second kappa shape index (κ2) is 55.1. The van der Waals surface area contributed by atoms with Crippen LogP contribution >= 0.6 is 7.82 Å². The molecule has 0 saturated carbocycles. The highest BCUT2D eigenvalue weighted by Crippen LogP contribution is 2.43. The first kappa shape index (κ1) is 69.9. The number of ether oxygens (including phenoxy) is 3. The number of esters is 3. The van der Waals surface area contributed by atoms with Crippen molar-refractivity contribution in [2.75, 3.05) is 26.4 Å². The van der Waals surface area contributed by atoms with Crippen LogP contribution in [0.4, 0.5) is 0 Å². The quantitative estimate of drug-likeness (QED) is 0.0197. The van der Waals surface area contributed by atoms with E-state index in [1.807, 2.05) is 12.2 Å².